The molecule has 1 heterocycles. The van der Waals surface area contributed by atoms with Crippen molar-refractivity contribution in [2.75, 3.05) is 13.7 Å². The fourth-order valence-corrected chi connectivity index (χ4v) is 2.52. The van der Waals surface area contributed by atoms with Crippen LogP contribution in [0.25, 0.3) is 0 Å². The van der Waals surface area contributed by atoms with Crippen LogP contribution in [0.2, 0.25) is 0 Å². The molecule has 0 radical (unpaired) electrons. The average Bonchev–Trinajstić information content (AvgIpc) is 2.88. The number of rotatable bonds is 6. The molecular formula is C13H23N3O. The van der Waals surface area contributed by atoms with Crippen LogP contribution >= 0.6 is 0 Å². The second-order valence-electron chi connectivity index (χ2n) is 4.80. The molecule has 4 nitrogen and oxygen atoms in total. The Morgan fingerprint density at radius 2 is 2.41 bits per heavy atom. The van der Waals surface area contributed by atoms with E-state index >= 15 is 0 Å². The fraction of sp³-hybridized carbons (Fsp3) is 0.769. The van der Waals surface area contributed by atoms with Gasteiger partial charge in [-0.3, -0.25) is 4.68 Å². The molecule has 17 heavy (non-hydrogen) atoms. The minimum atomic E-state index is 0.465. The van der Waals surface area contributed by atoms with Crippen molar-refractivity contribution in [1.82, 2.24) is 15.1 Å². The SMILES string of the molecule is COC1CCCC(NCCCn2cccn2)C1. The molecule has 0 aromatic carbocycles. The van der Waals surface area contributed by atoms with Crippen molar-refractivity contribution in [3.05, 3.63) is 18.5 Å². The van der Waals surface area contributed by atoms with Gasteiger partial charge in [0, 0.05) is 32.1 Å². The number of nitrogens with zero attached hydrogens (tertiary/aromatic N) is 2. The minimum Gasteiger partial charge on any atom is -0.381 e. The maximum atomic E-state index is 5.43. The average molecular weight is 237 g/mol. The van der Waals surface area contributed by atoms with Crippen molar-refractivity contribution in [3.8, 4) is 0 Å². The lowest BCUT2D eigenvalue weighted by Crippen LogP contribution is -2.37. The summed E-state index contributed by atoms with van der Waals surface area (Å²) in [6.45, 7) is 2.07. The molecule has 4 heteroatoms. The van der Waals surface area contributed by atoms with Gasteiger partial charge >= 0.3 is 0 Å². The largest absolute Gasteiger partial charge is 0.381 e. The Balaban J connectivity index is 1.58. The van der Waals surface area contributed by atoms with Gasteiger partial charge in [-0.1, -0.05) is 0 Å². The highest BCUT2D eigenvalue weighted by molar-refractivity contribution is 4.79. The van der Waals surface area contributed by atoms with Crippen LogP contribution in [0.5, 0.6) is 0 Å². The molecule has 96 valence electrons. The summed E-state index contributed by atoms with van der Waals surface area (Å²) in [7, 11) is 1.82. The zero-order valence-electron chi connectivity index (χ0n) is 10.6. The van der Waals surface area contributed by atoms with E-state index in [0.29, 0.717) is 12.1 Å². The van der Waals surface area contributed by atoms with Gasteiger partial charge in [-0.05, 0) is 44.7 Å². The van der Waals surface area contributed by atoms with E-state index in [1.807, 2.05) is 30.3 Å². The molecule has 1 N–H and O–H groups in total. The van der Waals surface area contributed by atoms with Crippen molar-refractivity contribution in [3.63, 3.8) is 0 Å². The van der Waals surface area contributed by atoms with Crippen LogP contribution in [0.15, 0.2) is 18.5 Å². The van der Waals surface area contributed by atoms with Crippen LogP contribution in [0.4, 0.5) is 0 Å². The van der Waals surface area contributed by atoms with Crippen molar-refractivity contribution < 1.29 is 4.74 Å². The molecule has 2 unspecified atom stereocenters. The maximum Gasteiger partial charge on any atom is 0.0586 e. The molecule has 1 aromatic heterocycles. The van der Waals surface area contributed by atoms with Crippen molar-refractivity contribution in [2.45, 2.75) is 50.8 Å². The minimum absolute atomic E-state index is 0.465. The molecule has 0 spiro atoms. The lowest BCUT2D eigenvalue weighted by molar-refractivity contribution is 0.0588. The summed E-state index contributed by atoms with van der Waals surface area (Å²) in [5.41, 5.74) is 0. The van der Waals surface area contributed by atoms with E-state index in [4.69, 9.17) is 4.74 Å². The number of hydrogen-bond acceptors (Lipinski definition) is 3. The van der Waals surface area contributed by atoms with Gasteiger partial charge in [0.15, 0.2) is 0 Å². The highest BCUT2D eigenvalue weighted by atomic mass is 16.5. The van der Waals surface area contributed by atoms with E-state index in [2.05, 4.69) is 10.4 Å². The summed E-state index contributed by atoms with van der Waals surface area (Å²) in [6, 6.07) is 2.61. The summed E-state index contributed by atoms with van der Waals surface area (Å²) in [4.78, 5) is 0. The van der Waals surface area contributed by atoms with Gasteiger partial charge in [-0.15, -0.1) is 0 Å². The molecule has 1 aromatic rings. The normalized spacial score (nSPS) is 25.0. The van der Waals surface area contributed by atoms with Crippen molar-refractivity contribution in [1.29, 1.82) is 0 Å². The molecule has 0 bridgehead atoms. The molecule has 1 aliphatic carbocycles. The van der Waals surface area contributed by atoms with E-state index in [1.54, 1.807) is 0 Å². The Morgan fingerprint density at radius 3 is 3.18 bits per heavy atom. The van der Waals surface area contributed by atoms with E-state index in [-0.39, 0.29) is 0 Å². The third-order valence-corrected chi connectivity index (χ3v) is 3.52. The Kier molecular flexibility index (Phi) is 5.01. The molecule has 2 rings (SSSR count). The summed E-state index contributed by atoms with van der Waals surface area (Å²) in [6.07, 6.45) is 10.4. The smallest absolute Gasteiger partial charge is 0.0586 e. The second-order valence-corrected chi connectivity index (χ2v) is 4.80. The van der Waals surface area contributed by atoms with Gasteiger partial charge < -0.3 is 10.1 Å². The number of nitrogens with one attached hydrogen (secondary N) is 1. The van der Waals surface area contributed by atoms with Crippen LogP contribution in [-0.2, 0) is 11.3 Å². The number of aromatic nitrogens is 2. The van der Waals surface area contributed by atoms with E-state index < -0.39 is 0 Å². The van der Waals surface area contributed by atoms with E-state index in [0.717, 1.165) is 25.9 Å². The molecule has 1 aliphatic rings. The standard InChI is InChI=1S/C13H23N3O/c1-17-13-6-2-5-12(11-13)14-7-3-9-16-10-4-8-15-16/h4,8,10,12-14H,2-3,5-7,9,11H2,1H3. The zero-order chi connectivity index (χ0) is 11.9. The lowest BCUT2D eigenvalue weighted by Gasteiger charge is -2.28. The highest BCUT2D eigenvalue weighted by Gasteiger charge is 2.20. The predicted molar refractivity (Wildman–Crippen MR) is 67.9 cm³/mol. The maximum absolute atomic E-state index is 5.43. The van der Waals surface area contributed by atoms with Gasteiger partial charge in [0.05, 0.1) is 6.10 Å². The lowest BCUT2D eigenvalue weighted by atomic mass is 9.93. The number of aryl methyl sites for hydroxylation is 1. The first-order chi connectivity index (χ1) is 8.38. The Hall–Kier alpha value is -0.870. The quantitative estimate of drug-likeness (QED) is 0.767. The molecule has 1 saturated carbocycles. The van der Waals surface area contributed by atoms with Crippen LogP contribution in [0, 0.1) is 0 Å². The Bertz CT molecular complexity index is 300. The van der Waals surface area contributed by atoms with Crippen molar-refractivity contribution >= 4 is 0 Å². The first kappa shape index (κ1) is 12.6. The van der Waals surface area contributed by atoms with Gasteiger partial charge in [0.25, 0.3) is 0 Å². The van der Waals surface area contributed by atoms with Gasteiger partial charge in [0.1, 0.15) is 0 Å². The molecule has 0 saturated heterocycles. The van der Waals surface area contributed by atoms with E-state index in [1.165, 1.54) is 19.3 Å². The highest BCUT2D eigenvalue weighted by Crippen LogP contribution is 2.20. The number of methoxy groups -OCH3 is 1. The summed E-state index contributed by atoms with van der Waals surface area (Å²) < 4.78 is 7.42. The monoisotopic (exact) mass is 237 g/mol. The van der Waals surface area contributed by atoms with E-state index in [9.17, 15) is 0 Å². The predicted octanol–water partition coefficient (Wildman–Crippen LogP) is 1.82. The first-order valence-electron chi connectivity index (χ1n) is 6.62. The number of hydrogen-bond donors (Lipinski definition) is 1. The molecule has 0 aliphatic heterocycles. The Labute approximate surface area is 103 Å². The number of ether oxygens (including phenoxy) is 1. The van der Waals surface area contributed by atoms with Crippen molar-refractivity contribution in [2.24, 2.45) is 0 Å². The third-order valence-electron chi connectivity index (χ3n) is 3.52. The first-order valence-corrected chi connectivity index (χ1v) is 6.62. The van der Waals surface area contributed by atoms with Gasteiger partial charge in [-0.2, -0.15) is 5.10 Å². The van der Waals surface area contributed by atoms with Crippen LogP contribution < -0.4 is 5.32 Å². The second kappa shape index (κ2) is 6.77. The summed E-state index contributed by atoms with van der Waals surface area (Å²) >= 11 is 0. The zero-order valence-corrected chi connectivity index (χ0v) is 10.6. The van der Waals surface area contributed by atoms with Gasteiger partial charge in [-0.25, -0.2) is 0 Å². The van der Waals surface area contributed by atoms with Gasteiger partial charge in [0.2, 0.25) is 0 Å². The van der Waals surface area contributed by atoms with Crippen LogP contribution in [-0.4, -0.2) is 35.6 Å². The Morgan fingerprint density at radius 1 is 1.47 bits per heavy atom. The molecule has 2 atom stereocenters. The molecule has 0 amide bonds. The fourth-order valence-electron chi connectivity index (χ4n) is 2.52. The van der Waals surface area contributed by atoms with Crippen LogP contribution in [0.3, 0.4) is 0 Å². The van der Waals surface area contributed by atoms with Crippen LogP contribution in [0.1, 0.15) is 32.1 Å². The molecule has 1 fully saturated rings. The summed E-state index contributed by atoms with van der Waals surface area (Å²) in [5.74, 6) is 0. The summed E-state index contributed by atoms with van der Waals surface area (Å²) in [5, 5.41) is 7.82. The third kappa shape index (κ3) is 4.13. The molecular weight excluding hydrogens is 214 g/mol. The topological polar surface area (TPSA) is 39.1 Å².